The van der Waals surface area contributed by atoms with Crippen molar-refractivity contribution in [2.45, 2.75) is 19.9 Å². The Morgan fingerprint density at radius 1 is 1.41 bits per heavy atom. The molecular weight excluding hydrogens is 374 g/mol. The fourth-order valence-corrected chi connectivity index (χ4v) is 3.49. The number of carbonyl (C=O) groups is 1. The third-order valence-electron chi connectivity index (χ3n) is 4.56. The molecule has 9 nitrogen and oxygen atoms in total. The number of nitro groups is 1. The van der Waals surface area contributed by atoms with Crippen molar-refractivity contribution in [1.82, 2.24) is 19.7 Å². The number of halogens is 1. The molecule has 1 aromatic heterocycles. The molecule has 0 bridgehead atoms. The lowest BCUT2D eigenvalue weighted by molar-refractivity contribution is -0.433. The Bertz CT molecular complexity index is 739. The zero-order valence-electron chi connectivity index (χ0n) is 15.1. The lowest BCUT2D eigenvalue weighted by Gasteiger charge is -2.34. The summed E-state index contributed by atoms with van der Waals surface area (Å²) < 4.78 is 4.94. The maximum absolute atomic E-state index is 11.7. The first-order chi connectivity index (χ1) is 13.0. The minimum Gasteiger partial charge on any atom is -0.466 e. The average molecular weight is 396 g/mol. The van der Waals surface area contributed by atoms with E-state index in [9.17, 15) is 14.9 Å². The van der Waals surface area contributed by atoms with Crippen LogP contribution in [0.5, 0.6) is 0 Å². The van der Waals surface area contributed by atoms with Crippen molar-refractivity contribution in [2.75, 3.05) is 39.5 Å². The lowest BCUT2D eigenvalue weighted by Crippen LogP contribution is -2.45. The van der Waals surface area contributed by atoms with Crippen molar-refractivity contribution in [3.63, 3.8) is 0 Å². The van der Waals surface area contributed by atoms with E-state index < -0.39 is 0 Å². The summed E-state index contributed by atoms with van der Waals surface area (Å²) in [7, 11) is 0. The van der Waals surface area contributed by atoms with E-state index in [2.05, 4.69) is 4.98 Å². The monoisotopic (exact) mass is 395 g/mol. The Labute approximate surface area is 162 Å². The Morgan fingerprint density at radius 3 is 2.89 bits per heavy atom. The summed E-state index contributed by atoms with van der Waals surface area (Å²) in [5, 5.41) is 12.1. The summed E-state index contributed by atoms with van der Waals surface area (Å²) in [6.07, 6.45) is 1.91. The molecule has 3 heterocycles. The normalized spacial score (nSPS) is 17.3. The van der Waals surface area contributed by atoms with Gasteiger partial charge in [-0.3, -0.25) is 19.8 Å². The summed E-state index contributed by atoms with van der Waals surface area (Å²) in [5.41, 5.74) is 1.10. The molecule has 3 rings (SSSR count). The first-order valence-electron chi connectivity index (χ1n) is 8.83. The highest BCUT2D eigenvalue weighted by Gasteiger charge is 2.39. The predicted molar refractivity (Wildman–Crippen MR) is 98.1 cm³/mol. The number of rotatable bonds is 7. The van der Waals surface area contributed by atoms with E-state index >= 15 is 0 Å². The smallest absolute Gasteiger partial charge is 0.307 e. The standard InChI is InChI=1S/C17H22ClN5O4/c1-2-27-16(24)5-6-20-11-14(23(25)26)17-21(7-8-22(17)12-20)10-13-3-4-15(18)19-9-13/h3-4,9H,2,5-8,10-12H2,1H3. The maximum atomic E-state index is 11.7. The summed E-state index contributed by atoms with van der Waals surface area (Å²) >= 11 is 5.82. The van der Waals surface area contributed by atoms with Crippen molar-refractivity contribution in [1.29, 1.82) is 0 Å². The Balaban J connectivity index is 1.72. The highest BCUT2D eigenvalue weighted by atomic mass is 35.5. The van der Waals surface area contributed by atoms with Gasteiger partial charge < -0.3 is 14.5 Å². The average Bonchev–Trinajstić information content (AvgIpc) is 3.04. The van der Waals surface area contributed by atoms with Gasteiger partial charge in [-0.25, -0.2) is 4.98 Å². The summed E-state index contributed by atoms with van der Waals surface area (Å²) in [6, 6.07) is 3.59. The van der Waals surface area contributed by atoms with E-state index in [-0.39, 0.29) is 29.6 Å². The molecule has 1 saturated heterocycles. The Morgan fingerprint density at radius 2 is 2.22 bits per heavy atom. The fourth-order valence-electron chi connectivity index (χ4n) is 3.38. The molecule has 0 radical (unpaired) electrons. The van der Waals surface area contributed by atoms with E-state index in [0.29, 0.717) is 50.4 Å². The van der Waals surface area contributed by atoms with Crippen LogP contribution in [0.1, 0.15) is 18.9 Å². The molecular formula is C17H22ClN5O4. The van der Waals surface area contributed by atoms with Crippen LogP contribution in [0, 0.1) is 10.1 Å². The zero-order chi connectivity index (χ0) is 19.4. The van der Waals surface area contributed by atoms with Crippen LogP contribution in [-0.2, 0) is 16.1 Å². The molecule has 0 N–H and O–H groups in total. The minimum absolute atomic E-state index is 0.157. The van der Waals surface area contributed by atoms with Gasteiger partial charge in [0.25, 0.3) is 5.70 Å². The van der Waals surface area contributed by atoms with Gasteiger partial charge in [0.05, 0.1) is 31.2 Å². The molecule has 2 aliphatic heterocycles. The second kappa shape index (κ2) is 8.53. The molecule has 27 heavy (non-hydrogen) atoms. The van der Waals surface area contributed by atoms with E-state index in [1.54, 1.807) is 19.2 Å². The van der Waals surface area contributed by atoms with Gasteiger partial charge in [0.1, 0.15) is 5.15 Å². The van der Waals surface area contributed by atoms with Crippen LogP contribution < -0.4 is 0 Å². The van der Waals surface area contributed by atoms with Crippen LogP contribution in [0.4, 0.5) is 0 Å². The minimum atomic E-state index is -0.322. The van der Waals surface area contributed by atoms with E-state index in [0.717, 1.165) is 5.56 Å². The van der Waals surface area contributed by atoms with Gasteiger partial charge in [-0.1, -0.05) is 17.7 Å². The SMILES string of the molecule is CCOC(=O)CCN1CC([N+](=O)[O-])=C2N(Cc3ccc(Cl)nc3)CCN2C1. The number of hydrogen-bond acceptors (Lipinski definition) is 8. The van der Waals surface area contributed by atoms with Crippen LogP contribution in [0.3, 0.4) is 0 Å². The van der Waals surface area contributed by atoms with Crippen LogP contribution in [0.15, 0.2) is 29.8 Å². The molecule has 0 amide bonds. The zero-order valence-corrected chi connectivity index (χ0v) is 15.9. The summed E-state index contributed by atoms with van der Waals surface area (Å²) in [4.78, 5) is 32.9. The van der Waals surface area contributed by atoms with Crippen LogP contribution in [0.25, 0.3) is 0 Å². The van der Waals surface area contributed by atoms with Gasteiger partial charge in [-0.15, -0.1) is 0 Å². The molecule has 1 fully saturated rings. The van der Waals surface area contributed by atoms with Crippen molar-refractivity contribution in [2.24, 2.45) is 0 Å². The van der Waals surface area contributed by atoms with Gasteiger partial charge >= 0.3 is 5.97 Å². The molecule has 0 aromatic carbocycles. The number of nitrogens with zero attached hydrogens (tertiary/aromatic N) is 5. The van der Waals surface area contributed by atoms with E-state index in [4.69, 9.17) is 16.3 Å². The van der Waals surface area contributed by atoms with Gasteiger partial charge in [0.15, 0.2) is 5.82 Å². The predicted octanol–water partition coefficient (Wildman–Crippen LogP) is 1.52. The maximum Gasteiger partial charge on any atom is 0.307 e. The number of pyridine rings is 1. The first kappa shape index (κ1) is 19.4. The number of ether oxygens (including phenoxy) is 1. The van der Waals surface area contributed by atoms with Crippen molar-refractivity contribution < 1.29 is 14.5 Å². The van der Waals surface area contributed by atoms with Gasteiger partial charge in [0.2, 0.25) is 0 Å². The van der Waals surface area contributed by atoms with Gasteiger partial charge in [-0.05, 0) is 18.6 Å². The van der Waals surface area contributed by atoms with Crippen LogP contribution in [-0.4, -0.2) is 70.0 Å². The molecule has 0 spiro atoms. The molecule has 0 saturated carbocycles. The van der Waals surface area contributed by atoms with Gasteiger partial charge in [-0.2, -0.15) is 0 Å². The highest BCUT2D eigenvalue weighted by Crippen LogP contribution is 2.29. The molecule has 0 unspecified atom stereocenters. The van der Waals surface area contributed by atoms with E-state index in [1.807, 2.05) is 20.8 Å². The Kier molecular flexibility index (Phi) is 6.12. The molecule has 1 aromatic rings. The van der Waals surface area contributed by atoms with E-state index in [1.165, 1.54) is 0 Å². The number of hydrogen-bond donors (Lipinski definition) is 0. The number of aromatic nitrogens is 1. The fraction of sp³-hybridized carbons (Fsp3) is 0.529. The second-order valence-electron chi connectivity index (χ2n) is 6.45. The largest absolute Gasteiger partial charge is 0.466 e. The van der Waals surface area contributed by atoms with Crippen molar-refractivity contribution >= 4 is 17.6 Å². The van der Waals surface area contributed by atoms with Crippen molar-refractivity contribution in [3.05, 3.63) is 50.7 Å². The Hall–Kier alpha value is -2.39. The quantitative estimate of drug-likeness (QED) is 0.297. The summed E-state index contributed by atoms with van der Waals surface area (Å²) in [5.74, 6) is 0.371. The molecule has 146 valence electrons. The summed E-state index contributed by atoms with van der Waals surface area (Å²) in [6.45, 7) is 5.22. The van der Waals surface area contributed by atoms with Gasteiger partial charge in [0, 0.05) is 32.4 Å². The van der Waals surface area contributed by atoms with Crippen LogP contribution >= 0.6 is 11.6 Å². The molecule has 0 aliphatic carbocycles. The third kappa shape index (κ3) is 4.67. The molecule has 0 atom stereocenters. The van der Waals surface area contributed by atoms with Crippen LogP contribution in [0.2, 0.25) is 5.15 Å². The number of carbonyl (C=O) groups excluding carboxylic acids is 1. The highest BCUT2D eigenvalue weighted by molar-refractivity contribution is 6.29. The topological polar surface area (TPSA) is 92.0 Å². The first-order valence-corrected chi connectivity index (χ1v) is 9.21. The third-order valence-corrected chi connectivity index (χ3v) is 4.78. The van der Waals surface area contributed by atoms with Crippen molar-refractivity contribution in [3.8, 4) is 0 Å². The number of fused-ring (bicyclic) bond motifs is 1. The second-order valence-corrected chi connectivity index (χ2v) is 6.84. The number of esters is 1. The molecule has 10 heteroatoms. The lowest BCUT2D eigenvalue weighted by atomic mass is 10.2. The molecule has 2 aliphatic rings.